The topological polar surface area (TPSA) is 92.9 Å². The van der Waals surface area contributed by atoms with Gasteiger partial charge in [-0.2, -0.15) is 0 Å². The van der Waals surface area contributed by atoms with Crippen molar-refractivity contribution in [1.29, 1.82) is 0 Å². The van der Waals surface area contributed by atoms with Crippen molar-refractivity contribution >= 4 is 12.1 Å². The van der Waals surface area contributed by atoms with Gasteiger partial charge in [0.2, 0.25) is 0 Å². The summed E-state index contributed by atoms with van der Waals surface area (Å²) >= 11 is 0. The number of ether oxygens (including phenoxy) is 1. The summed E-state index contributed by atoms with van der Waals surface area (Å²) in [5.41, 5.74) is 3.80. The van der Waals surface area contributed by atoms with Gasteiger partial charge in [-0.15, -0.1) is 0 Å². The normalized spacial score (nSPS) is 29.2. The molecule has 0 radical (unpaired) electrons. The maximum Gasteiger partial charge on any atom is 0.411 e. The number of nitrogens with zero attached hydrogens (tertiary/aromatic N) is 1. The third-order valence-electron chi connectivity index (χ3n) is 2.75. The van der Waals surface area contributed by atoms with Gasteiger partial charge in [0.05, 0.1) is 0 Å². The van der Waals surface area contributed by atoms with Crippen LogP contribution in [0.1, 0.15) is 34.1 Å². The number of hydrogen-bond acceptors (Lipinski definition) is 4. The van der Waals surface area contributed by atoms with Gasteiger partial charge in [0, 0.05) is 12.6 Å². The van der Waals surface area contributed by atoms with E-state index in [4.69, 9.17) is 10.5 Å². The highest BCUT2D eigenvalue weighted by molar-refractivity contribution is 5.85. The lowest BCUT2D eigenvalue weighted by molar-refractivity contribution is -0.148. The molecule has 1 aliphatic rings. The molecule has 1 fully saturated rings. The van der Waals surface area contributed by atoms with Gasteiger partial charge in [0.1, 0.15) is 11.1 Å². The summed E-state index contributed by atoms with van der Waals surface area (Å²) in [6.45, 7) is 6.90. The maximum atomic E-state index is 11.9. The van der Waals surface area contributed by atoms with E-state index in [0.717, 1.165) is 0 Å². The van der Waals surface area contributed by atoms with Crippen LogP contribution in [0.2, 0.25) is 0 Å². The molecule has 1 amide bonds. The first-order valence-corrected chi connectivity index (χ1v) is 5.56. The molecule has 0 aromatic heterocycles. The SMILES string of the molecule is CC(C)(C)OC(=O)N1C[C@H](N)C[C@@]1(C)C(=O)O. The Morgan fingerprint density at radius 1 is 1.47 bits per heavy atom. The molecule has 0 bridgehead atoms. The summed E-state index contributed by atoms with van der Waals surface area (Å²) in [5.74, 6) is -1.06. The second-order valence-corrected chi connectivity index (χ2v) is 5.63. The van der Waals surface area contributed by atoms with Crippen LogP contribution in [0.5, 0.6) is 0 Å². The first kappa shape index (κ1) is 13.8. The van der Waals surface area contributed by atoms with Crippen molar-refractivity contribution in [2.45, 2.75) is 51.3 Å². The van der Waals surface area contributed by atoms with Crippen molar-refractivity contribution in [3.63, 3.8) is 0 Å². The van der Waals surface area contributed by atoms with Gasteiger partial charge in [0.25, 0.3) is 0 Å². The van der Waals surface area contributed by atoms with E-state index in [1.54, 1.807) is 20.8 Å². The molecule has 0 saturated carbocycles. The van der Waals surface area contributed by atoms with Crippen LogP contribution in [0, 0.1) is 0 Å². The van der Waals surface area contributed by atoms with E-state index in [1.165, 1.54) is 11.8 Å². The molecule has 17 heavy (non-hydrogen) atoms. The molecular formula is C11H20N2O4. The minimum absolute atomic E-state index is 0.206. The van der Waals surface area contributed by atoms with Crippen LogP contribution in [-0.2, 0) is 9.53 Å². The first-order valence-electron chi connectivity index (χ1n) is 5.56. The molecule has 6 nitrogen and oxygen atoms in total. The van der Waals surface area contributed by atoms with Crippen LogP contribution in [-0.4, -0.2) is 45.8 Å². The molecule has 2 atom stereocenters. The van der Waals surface area contributed by atoms with E-state index in [1.807, 2.05) is 0 Å². The molecule has 3 N–H and O–H groups in total. The number of amides is 1. The van der Waals surface area contributed by atoms with E-state index < -0.39 is 23.2 Å². The molecule has 6 heteroatoms. The zero-order valence-corrected chi connectivity index (χ0v) is 10.7. The second kappa shape index (κ2) is 4.18. The van der Waals surface area contributed by atoms with Crippen molar-refractivity contribution in [3.05, 3.63) is 0 Å². The van der Waals surface area contributed by atoms with Gasteiger partial charge in [-0.3, -0.25) is 4.90 Å². The number of rotatable bonds is 1. The average Bonchev–Trinajstić information content (AvgIpc) is 2.40. The van der Waals surface area contributed by atoms with E-state index in [9.17, 15) is 14.7 Å². The third-order valence-corrected chi connectivity index (χ3v) is 2.75. The zero-order valence-electron chi connectivity index (χ0n) is 10.7. The largest absolute Gasteiger partial charge is 0.480 e. The van der Waals surface area contributed by atoms with Crippen LogP contribution < -0.4 is 5.73 Å². The van der Waals surface area contributed by atoms with Crippen molar-refractivity contribution in [2.24, 2.45) is 5.73 Å². The Hall–Kier alpha value is -1.30. The summed E-state index contributed by atoms with van der Waals surface area (Å²) in [6, 6.07) is -0.330. The molecule has 1 heterocycles. The quantitative estimate of drug-likeness (QED) is 0.711. The van der Waals surface area contributed by atoms with Gasteiger partial charge in [-0.25, -0.2) is 9.59 Å². The lowest BCUT2D eigenvalue weighted by atomic mass is 9.98. The van der Waals surface area contributed by atoms with Crippen molar-refractivity contribution in [1.82, 2.24) is 4.90 Å². The molecule has 0 spiro atoms. The number of carbonyl (C=O) groups is 2. The van der Waals surface area contributed by atoms with E-state index in [0.29, 0.717) is 0 Å². The van der Waals surface area contributed by atoms with E-state index in [2.05, 4.69) is 0 Å². The summed E-state index contributed by atoms with van der Waals surface area (Å²) < 4.78 is 5.18. The highest BCUT2D eigenvalue weighted by atomic mass is 16.6. The highest BCUT2D eigenvalue weighted by Gasteiger charge is 2.50. The number of likely N-dealkylation sites (tertiary alicyclic amines) is 1. The Labute approximate surface area is 101 Å². The number of hydrogen-bond donors (Lipinski definition) is 2. The molecule has 1 rings (SSSR count). The maximum absolute atomic E-state index is 11.9. The van der Waals surface area contributed by atoms with E-state index in [-0.39, 0.29) is 19.0 Å². The Bertz CT molecular complexity index is 337. The molecule has 0 unspecified atom stereocenters. The smallest absolute Gasteiger partial charge is 0.411 e. The molecule has 1 saturated heterocycles. The van der Waals surface area contributed by atoms with Crippen molar-refractivity contribution in [2.75, 3.05) is 6.54 Å². The highest BCUT2D eigenvalue weighted by Crippen LogP contribution is 2.30. The van der Waals surface area contributed by atoms with Gasteiger partial charge in [-0.05, 0) is 34.1 Å². The van der Waals surface area contributed by atoms with Crippen molar-refractivity contribution in [3.8, 4) is 0 Å². The van der Waals surface area contributed by atoms with Crippen LogP contribution in [0.15, 0.2) is 0 Å². The van der Waals surface area contributed by atoms with Crippen LogP contribution >= 0.6 is 0 Å². The Kier molecular flexibility index (Phi) is 3.38. The number of aliphatic carboxylic acids is 1. The van der Waals surface area contributed by atoms with E-state index >= 15 is 0 Å². The minimum Gasteiger partial charge on any atom is -0.480 e. The summed E-state index contributed by atoms with van der Waals surface area (Å²) in [5, 5.41) is 9.20. The minimum atomic E-state index is -1.28. The monoisotopic (exact) mass is 244 g/mol. The fourth-order valence-electron chi connectivity index (χ4n) is 1.92. The second-order valence-electron chi connectivity index (χ2n) is 5.63. The predicted octanol–water partition coefficient (Wildman–Crippen LogP) is 0.798. The average molecular weight is 244 g/mol. The number of carboxylic acid groups (broad SMARTS) is 1. The van der Waals surface area contributed by atoms with Gasteiger partial charge in [-0.1, -0.05) is 0 Å². The van der Waals surface area contributed by atoms with Crippen LogP contribution in [0.3, 0.4) is 0 Å². The third kappa shape index (κ3) is 2.88. The fourth-order valence-corrected chi connectivity index (χ4v) is 1.92. The lowest BCUT2D eigenvalue weighted by Gasteiger charge is -2.32. The fraction of sp³-hybridized carbons (Fsp3) is 0.818. The number of nitrogens with two attached hydrogens (primary N) is 1. The predicted molar refractivity (Wildman–Crippen MR) is 61.6 cm³/mol. The molecule has 98 valence electrons. The van der Waals surface area contributed by atoms with Crippen LogP contribution in [0.25, 0.3) is 0 Å². The summed E-state index contributed by atoms with van der Waals surface area (Å²) in [4.78, 5) is 24.4. The van der Waals surface area contributed by atoms with Gasteiger partial charge in [0.15, 0.2) is 0 Å². The standard InChI is InChI=1S/C11H20N2O4/c1-10(2,3)17-9(16)13-6-7(12)5-11(13,4)8(14)15/h7H,5-6,12H2,1-4H3,(H,14,15)/t7-,11+/m1/s1. The first-order chi connectivity index (χ1) is 7.56. The van der Waals surface area contributed by atoms with Gasteiger partial charge >= 0.3 is 12.1 Å². The summed E-state index contributed by atoms with van der Waals surface area (Å²) in [7, 11) is 0. The van der Waals surface area contributed by atoms with Crippen molar-refractivity contribution < 1.29 is 19.4 Å². The van der Waals surface area contributed by atoms with Gasteiger partial charge < -0.3 is 15.6 Å². The number of carbonyl (C=O) groups excluding carboxylic acids is 1. The lowest BCUT2D eigenvalue weighted by Crippen LogP contribution is -2.52. The molecule has 0 aliphatic carbocycles. The molecule has 0 aromatic rings. The molecule has 0 aromatic carbocycles. The molecular weight excluding hydrogens is 224 g/mol. The Morgan fingerprint density at radius 2 is 2.00 bits per heavy atom. The Morgan fingerprint density at radius 3 is 2.41 bits per heavy atom. The number of carboxylic acids is 1. The Balaban J connectivity index is 2.88. The van der Waals surface area contributed by atoms with Crippen LogP contribution in [0.4, 0.5) is 4.79 Å². The zero-order chi connectivity index (χ0) is 13.4. The summed E-state index contributed by atoms with van der Waals surface area (Å²) in [6.07, 6.45) is -0.392. The molecule has 1 aliphatic heterocycles.